The largest absolute Gasteiger partial charge is 0.461 e. The second kappa shape index (κ2) is 3.95. The summed E-state index contributed by atoms with van der Waals surface area (Å²) in [5, 5.41) is 0. The molecule has 0 spiro atoms. The highest BCUT2D eigenvalue weighted by Crippen LogP contribution is 2.36. The second-order valence-corrected chi connectivity index (χ2v) is 4.29. The summed E-state index contributed by atoms with van der Waals surface area (Å²) in [5.74, 6) is -0.192. The lowest BCUT2D eigenvalue weighted by Crippen LogP contribution is -2.22. The highest BCUT2D eigenvalue weighted by Gasteiger charge is 2.25. The van der Waals surface area contributed by atoms with Gasteiger partial charge >= 0.3 is 5.97 Å². The molecule has 0 aromatic rings. The topological polar surface area (TPSA) is 26.3 Å². The van der Waals surface area contributed by atoms with Gasteiger partial charge in [-0.15, -0.1) is 0 Å². The van der Waals surface area contributed by atoms with Gasteiger partial charge in [-0.05, 0) is 30.3 Å². The predicted octanol–water partition coefficient (Wildman–Crippen LogP) is 2.69. The zero-order valence-electron chi connectivity index (χ0n) is 8.72. The first-order chi connectivity index (χ1) is 6.02. The lowest BCUT2D eigenvalue weighted by molar-refractivity contribution is -0.140. The first-order valence-electron chi connectivity index (χ1n) is 4.85. The fraction of sp³-hybridized carbons (Fsp3) is 0.727. The molecule has 2 nitrogen and oxygen atoms in total. The molecule has 0 fully saturated rings. The third-order valence-corrected chi connectivity index (χ3v) is 2.70. The van der Waals surface area contributed by atoms with Crippen LogP contribution in [0.25, 0.3) is 0 Å². The van der Waals surface area contributed by atoms with E-state index in [2.05, 4.69) is 19.9 Å². The molecule has 0 radical (unpaired) electrons. The van der Waals surface area contributed by atoms with Crippen LogP contribution in [0, 0.1) is 5.41 Å². The molecule has 74 valence electrons. The molecular weight excluding hydrogens is 164 g/mol. The standard InChI is InChI=1S/C11H18O2/c1-9(12)13-8-10-6-4-5-7-11(10,2)3/h6H,4-5,7-8H2,1-3H3. The molecule has 0 bridgehead atoms. The highest BCUT2D eigenvalue weighted by molar-refractivity contribution is 5.66. The molecule has 13 heavy (non-hydrogen) atoms. The normalized spacial score (nSPS) is 20.7. The average molecular weight is 182 g/mol. The lowest BCUT2D eigenvalue weighted by atomic mass is 9.76. The van der Waals surface area contributed by atoms with Crippen molar-refractivity contribution < 1.29 is 9.53 Å². The van der Waals surface area contributed by atoms with Gasteiger partial charge in [-0.25, -0.2) is 0 Å². The van der Waals surface area contributed by atoms with E-state index in [1.807, 2.05) is 0 Å². The Balaban J connectivity index is 2.56. The van der Waals surface area contributed by atoms with Crippen molar-refractivity contribution in [1.82, 2.24) is 0 Å². The van der Waals surface area contributed by atoms with Crippen molar-refractivity contribution in [2.45, 2.75) is 40.0 Å². The maximum atomic E-state index is 10.6. The van der Waals surface area contributed by atoms with Crippen LogP contribution in [0.4, 0.5) is 0 Å². The first-order valence-corrected chi connectivity index (χ1v) is 4.85. The van der Waals surface area contributed by atoms with Gasteiger partial charge in [0, 0.05) is 6.92 Å². The summed E-state index contributed by atoms with van der Waals surface area (Å²) in [6, 6.07) is 0. The van der Waals surface area contributed by atoms with Gasteiger partial charge in [0.1, 0.15) is 6.61 Å². The molecule has 0 aromatic heterocycles. The summed E-state index contributed by atoms with van der Waals surface area (Å²) in [6.07, 6.45) is 5.78. The molecular formula is C11H18O2. The number of hydrogen-bond donors (Lipinski definition) is 0. The van der Waals surface area contributed by atoms with Gasteiger partial charge in [0.2, 0.25) is 0 Å². The second-order valence-electron chi connectivity index (χ2n) is 4.29. The average Bonchev–Trinajstić information content (AvgIpc) is 2.01. The van der Waals surface area contributed by atoms with Crippen molar-refractivity contribution in [3.8, 4) is 0 Å². The van der Waals surface area contributed by atoms with Crippen LogP contribution in [0.2, 0.25) is 0 Å². The molecule has 0 atom stereocenters. The molecule has 0 aliphatic heterocycles. The monoisotopic (exact) mass is 182 g/mol. The number of hydrogen-bond acceptors (Lipinski definition) is 2. The minimum atomic E-state index is -0.192. The maximum Gasteiger partial charge on any atom is 0.302 e. The van der Waals surface area contributed by atoms with Crippen molar-refractivity contribution in [2.75, 3.05) is 6.61 Å². The zero-order valence-corrected chi connectivity index (χ0v) is 8.72. The Morgan fingerprint density at radius 1 is 1.62 bits per heavy atom. The minimum Gasteiger partial charge on any atom is -0.461 e. The third kappa shape index (κ3) is 2.87. The van der Waals surface area contributed by atoms with E-state index in [0.29, 0.717) is 6.61 Å². The highest BCUT2D eigenvalue weighted by atomic mass is 16.5. The number of carbonyl (C=O) groups is 1. The summed E-state index contributed by atoms with van der Waals surface area (Å²) in [5.41, 5.74) is 1.49. The van der Waals surface area contributed by atoms with E-state index in [1.54, 1.807) is 0 Å². The van der Waals surface area contributed by atoms with Gasteiger partial charge in [0.15, 0.2) is 0 Å². The van der Waals surface area contributed by atoms with E-state index < -0.39 is 0 Å². The quantitative estimate of drug-likeness (QED) is 0.485. The summed E-state index contributed by atoms with van der Waals surface area (Å²) in [7, 11) is 0. The van der Waals surface area contributed by atoms with Crippen LogP contribution in [-0.2, 0) is 9.53 Å². The van der Waals surface area contributed by atoms with Gasteiger partial charge in [-0.3, -0.25) is 4.79 Å². The molecule has 0 saturated heterocycles. The Bertz CT molecular complexity index is 226. The van der Waals surface area contributed by atoms with Gasteiger partial charge in [-0.2, -0.15) is 0 Å². The van der Waals surface area contributed by atoms with E-state index in [1.165, 1.54) is 25.3 Å². The Kier molecular flexibility index (Phi) is 3.12. The lowest BCUT2D eigenvalue weighted by Gasteiger charge is -2.31. The van der Waals surface area contributed by atoms with Gasteiger partial charge in [-0.1, -0.05) is 19.9 Å². The summed E-state index contributed by atoms with van der Waals surface area (Å²) in [4.78, 5) is 10.6. The van der Waals surface area contributed by atoms with Crippen LogP contribution in [-0.4, -0.2) is 12.6 Å². The van der Waals surface area contributed by atoms with E-state index in [9.17, 15) is 4.79 Å². The van der Waals surface area contributed by atoms with Crippen LogP contribution in [0.3, 0.4) is 0 Å². The fourth-order valence-corrected chi connectivity index (χ4v) is 1.69. The van der Waals surface area contributed by atoms with Crippen LogP contribution < -0.4 is 0 Å². The van der Waals surface area contributed by atoms with Gasteiger partial charge in [0.25, 0.3) is 0 Å². The van der Waals surface area contributed by atoms with Crippen LogP contribution in [0.5, 0.6) is 0 Å². The number of ether oxygens (including phenoxy) is 1. The van der Waals surface area contributed by atoms with Crippen molar-refractivity contribution in [3.05, 3.63) is 11.6 Å². The Morgan fingerprint density at radius 2 is 2.31 bits per heavy atom. The Hall–Kier alpha value is -0.790. The molecule has 0 amide bonds. The SMILES string of the molecule is CC(=O)OCC1=CCCCC1(C)C. The molecule has 0 aromatic carbocycles. The van der Waals surface area contributed by atoms with Crippen molar-refractivity contribution in [3.63, 3.8) is 0 Å². The van der Waals surface area contributed by atoms with Crippen molar-refractivity contribution >= 4 is 5.97 Å². The van der Waals surface area contributed by atoms with Crippen LogP contribution >= 0.6 is 0 Å². The smallest absolute Gasteiger partial charge is 0.302 e. The summed E-state index contributed by atoms with van der Waals surface area (Å²) < 4.78 is 5.01. The van der Waals surface area contributed by atoms with E-state index >= 15 is 0 Å². The van der Waals surface area contributed by atoms with Gasteiger partial charge in [0.05, 0.1) is 0 Å². The zero-order chi connectivity index (χ0) is 9.90. The summed E-state index contributed by atoms with van der Waals surface area (Å²) >= 11 is 0. The molecule has 2 heteroatoms. The third-order valence-electron chi connectivity index (χ3n) is 2.70. The van der Waals surface area contributed by atoms with E-state index in [0.717, 1.165) is 6.42 Å². The fourth-order valence-electron chi connectivity index (χ4n) is 1.69. The number of rotatable bonds is 2. The molecule has 0 saturated carbocycles. The minimum absolute atomic E-state index is 0.192. The maximum absolute atomic E-state index is 10.6. The van der Waals surface area contributed by atoms with Crippen molar-refractivity contribution in [1.29, 1.82) is 0 Å². The van der Waals surface area contributed by atoms with E-state index in [4.69, 9.17) is 4.74 Å². The molecule has 1 aliphatic carbocycles. The molecule has 1 aliphatic rings. The predicted molar refractivity (Wildman–Crippen MR) is 52.3 cm³/mol. The molecule has 1 rings (SSSR count). The molecule has 0 N–H and O–H groups in total. The van der Waals surface area contributed by atoms with Crippen LogP contribution in [0.15, 0.2) is 11.6 Å². The number of allylic oxidation sites excluding steroid dienone is 1. The summed E-state index contributed by atoms with van der Waals surface area (Å²) in [6.45, 7) is 6.35. The van der Waals surface area contributed by atoms with Crippen LogP contribution in [0.1, 0.15) is 40.0 Å². The van der Waals surface area contributed by atoms with Gasteiger partial charge < -0.3 is 4.74 Å². The molecule has 0 unspecified atom stereocenters. The number of carbonyl (C=O) groups excluding carboxylic acids is 1. The first kappa shape index (κ1) is 10.3. The Morgan fingerprint density at radius 3 is 2.85 bits per heavy atom. The van der Waals surface area contributed by atoms with Crippen molar-refractivity contribution in [2.24, 2.45) is 5.41 Å². The van der Waals surface area contributed by atoms with E-state index in [-0.39, 0.29) is 11.4 Å². The molecule has 0 heterocycles. The Labute approximate surface area is 80.0 Å². The number of esters is 1.